The summed E-state index contributed by atoms with van der Waals surface area (Å²) in [7, 11) is 0. The van der Waals surface area contributed by atoms with Crippen LogP contribution in [0.25, 0.3) is 0 Å². The summed E-state index contributed by atoms with van der Waals surface area (Å²) in [5.41, 5.74) is 3.52. The summed E-state index contributed by atoms with van der Waals surface area (Å²) in [5, 5.41) is 7.02. The molecule has 1 unspecified atom stereocenters. The second-order valence-electron chi connectivity index (χ2n) is 6.34. The van der Waals surface area contributed by atoms with Crippen molar-refractivity contribution in [3.63, 3.8) is 0 Å². The van der Waals surface area contributed by atoms with Crippen molar-refractivity contribution in [3.05, 3.63) is 94.8 Å². The van der Waals surface area contributed by atoms with E-state index in [4.69, 9.17) is 11.6 Å². The highest BCUT2D eigenvalue weighted by Crippen LogP contribution is 2.14. The number of carbonyl (C=O) groups excluding carboxylic acids is 1. The largest absolute Gasteiger partial charge is 0.383 e. The Morgan fingerprint density at radius 2 is 1.89 bits per heavy atom. The SMILES string of the molecule is CC(NC(=O)c1ccc(NCCc2cccc(Cl)c2)cn1)c1ccccc1. The number of hydrogen-bond donors (Lipinski definition) is 2. The maximum Gasteiger partial charge on any atom is 0.270 e. The number of aromatic nitrogens is 1. The number of halogens is 1. The predicted octanol–water partition coefficient (Wildman–Crippen LogP) is 4.88. The van der Waals surface area contributed by atoms with E-state index in [2.05, 4.69) is 15.6 Å². The van der Waals surface area contributed by atoms with Gasteiger partial charge in [0, 0.05) is 11.6 Å². The number of anilines is 1. The van der Waals surface area contributed by atoms with Gasteiger partial charge in [0.25, 0.3) is 5.91 Å². The molecule has 5 heteroatoms. The first-order valence-electron chi connectivity index (χ1n) is 8.92. The number of rotatable bonds is 7. The van der Waals surface area contributed by atoms with E-state index in [1.165, 1.54) is 5.56 Å². The lowest BCUT2D eigenvalue weighted by atomic mass is 10.1. The molecule has 0 saturated heterocycles. The molecule has 0 bridgehead atoms. The normalized spacial score (nSPS) is 11.6. The molecule has 0 aliphatic carbocycles. The molecule has 1 atom stereocenters. The molecular formula is C22H22ClN3O. The summed E-state index contributed by atoms with van der Waals surface area (Å²) in [5.74, 6) is -0.183. The third-order valence-electron chi connectivity index (χ3n) is 4.28. The van der Waals surface area contributed by atoms with Crippen molar-refractivity contribution in [2.24, 2.45) is 0 Å². The summed E-state index contributed by atoms with van der Waals surface area (Å²) in [6.45, 7) is 2.72. The molecule has 2 N–H and O–H groups in total. The lowest BCUT2D eigenvalue weighted by molar-refractivity contribution is 0.0935. The molecule has 1 aromatic heterocycles. The molecule has 3 aromatic rings. The van der Waals surface area contributed by atoms with E-state index < -0.39 is 0 Å². The minimum absolute atomic E-state index is 0.0731. The number of hydrogen-bond acceptors (Lipinski definition) is 3. The number of nitrogens with one attached hydrogen (secondary N) is 2. The Kier molecular flexibility index (Phi) is 6.44. The highest BCUT2D eigenvalue weighted by Gasteiger charge is 2.12. The van der Waals surface area contributed by atoms with Crippen LogP contribution < -0.4 is 10.6 Å². The van der Waals surface area contributed by atoms with Gasteiger partial charge in [0.15, 0.2) is 0 Å². The summed E-state index contributed by atoms with van der Waals surface area (Å²) in [6.07, 6.45) is 2.54. The smallest absolute Gasteiger partial charge is 0.270 e. The molecule has 0 saturated carbocycles. The van der Waals surface area contributed by atoms with E-state index in [0.717, 1.165) is 29.2 Å². The third-order valence-corrected chi connectivity index (χ3v) is 4.51. The fraction of sp³-hybridized carbons (Fsp3) is 0.182. The van der Waals surface area contributed by atoms with Gasteiger partial charge in [0.1, 0.15) is 5.69 Å². The zero-order valence-corrected chi connectivity index (χ0v) is 15.9. The second-order valence-corrected chi connectivity index (χ2v) is 6.78. The third kappa shape index (κ3) is 5.56. The van der Waals surface area contributed by atoms with Gasteiger partial charge >= 0.3 is 0 Å². The van der Waals surface area contributed by atoms with Gasteiger partial charge in [-0.3, -0.25) is 4.79 Å². The van der Waals surface area contributed by atoms with E-state index in [1.807, 2.05) is 67.6 Å². The van der Waals surface area contributed by atoms with E-state index in [0.29, 0.717) is 5.69 Å². The molecule has 4 nitrogen and oxygen atoms in total. The number of pyridine rings is 1. The Labute approximate surface area is 164 Å². The summed E-state index contributed by atoms with van der Waals surface area (Å²) >= 11 is 5.99. The van der Waals surface area contributed by atoms with Gasteiger partial charge in [0.05, 0.1) is 17.9 Å². The summed E-state index contributed by atoms with van der Waals surface area (Å²) in [6, 6.07) is 21.2. The Morgan fingerprint density at radius 1 is 1.07 bits per heavy atom. The van der Waals surface area contributed by atoms with Gasteiger partial charge in [-0.1, -0.05) is 54.1 Å². The Balaban J connectivity index is 1.51. The maximum atomic E-state index is 12.4. The number of carbonyl (C=O) groups is 1. The zero-order chi connectivity index (χ0) is 19.1. The molecule has 3 rings (SSSR count). The van der Waals surface area contributed by atoms with Gasteiger partial charge < -0.3 is 10.6 Å². The molecule has 0 radical (unpaired) electrons. The zero-order valence-electron chi connectivity index (χ0n) is 15.2. The Morgan fingerprint density at radius 3 is 2.59 bits per heavy atom. The summed E-state index contributed by atoms with van der Waals surface area (Å²) < 4.78 is 0. The first-order chi connectivity index (χ1) is 13.1. The first-order valence-corrected chi connectivity index (χ1v) is 9.30. The van der Waals surface area contributed by atoms with Gasteiger partial charge in [-0.05, 0) is 48.7 Å². The van der Waals surface area contributed by atoms with Gasteiger partial charge in [0.2, 0.25) is 0 Å². The van der Waals surface area contributed by atoms with Crippen LogP contribution in [-0.4, -0.2) is 17.4 Å². The standard InChI is InChI=1S/C22H22ClN3O/c1-16(18-7-3-2-4-8-18)26-22(27)21-11-10-20(15-25-21)24-13-12-17-6-5-9-19(23)14-17/h2-11,14-16,24H,12-13H2,1H3,(H,26,27). The Hall–Kier alpha value is -2.85. The van der Waals surface area contributed by atoms with Crippen molar-refractivity contribution in [2.45, 2.75) is 19.4 Å². The molecule has 138 valence electrons. The van der Waals surface area contributed by atoms with Crippen LogP contribution in [0.5, 0.6) is 0 Å². The summed E-state index contributed by atoms with van der Waals surface area (Å²) in [4.78, 5) is 16.6. The van der Waals surface area contributed by atoms with Crippen LogP contribution in [0.1, 0.15) is 34.6 Å². The van der Waals surface area contributed by atoms with Crippen molar-refractivity contribution >= 4 is 23.2 Å². The highest BCUT2D eigenvalue weighted by atomic mass is 35.5. The predicted molar refractivity (Wildman–Crippen MR) is 110 cm³/mol. The highest BCUT2D eigenvalue weighted by molar-refractivity contribution is 6.30. The first kappa shape index (κ1) is 18.9. The average Bonchev–Trinajstić information content (AvgIpc) is 2.69. The van der Waals surface area contributed by atoms with Crippen molar-refractivity contribution < 1.29 is 4.79 Å². The molecule has 0 aliphatic rings. The molecule has 1 heterocycles. The fourth-order valence-corrected chi connectivity index (χ4v) is 2.98. The fourth-order valence-electron chi connectivity index (χ4n) is 2.77. The van der Waals surface area contributed by atoms with E-state index >= 15 is 0 Å². The molecule has 1 amide bonds. The minimum atomic E-state index is -0.183. The van der Waals surface area contributed by atoms with Crippen molar-refractivity contribution in [3.8, 4) is 0 Å². The molecule has 0 aliphatic heterocycles. The quantitative estimate of drug-likeness (QED) is 0.615. The number of nitrogens with zero attached hydrogens (tertiary/aromatic N) is 1. The van der Waals surface area contributed by atoms with Crippen LogP contribution >= 0.6 is 11.6 Å². The van der Waals surface area contributed by atoms with Crippen LogP contribution in [0.2, 0.25) is 5.02 Å². The molecule has 0 fully saturated rings. The Bertz CT molecular complexity index is 882. The van der Waals surface area contributed by atoms with Gasteiger partial charge in [-0.2, -0.15) is 0 Å². The number of benzene rings is 2. The minimum Gasteiger partial charge on any atom is -0.383 e. The van der Waals surface area contributed by atoms with E-state index in [1.54, 1.807) is 12.3 Å². The average molecular weight is 380 g/mol. The lowest BCUT2D eigenvalue weighted by Gasteiger charge is -2.14. The topological polar surface area (TPSA) is 54.0 Å². The van der Waals surface area contributed by atoms with E-state index in [9.17, 15) is 4.79 Å². The van der Waals surface area contributed by atoms with Crippen molar-refractivity contribution in [1.82, 2.24) is 10.3 Å². The van der Waals surface area contributed by atoms with Crippen LogP contribution in [0.4, 0.5) is 5.69 Å². The molecule has 27 heavy (non-hydrogen) atoms. The van der Waals surface area contributed by atoms with E-state index in [-0.39, 0.29) is 11.9 Å². The monoisotopic (exact) mass is 379 g/mol. The lowest BCUT2D eigenvalue weighted by Crippen LogP contribution is -2.27. The molecule has 2 aromatic carbocycles. The maximum absolute atomic E-state index is 12.4. The van der Waals surface area contributed by atoms with Gasteiger partial charge in [-0.15, -0.1) is 0 Å². The van der Waals surface area contributed by atoms with Crippen LogP contribution in [0.3, 0.4) is 0 Å². The van der Waals surface area contributed by atoms with Crippen molar-refractivity contribution in [1.29, 1.82) is 0 Å². The van der Waals surface area contributed by atoms with Crippen LogP contribution in [-0.2, 0) is 6.42 Å². The van der Waals surface area contributed by atoms with Crippen LogP contribution in [0, 0.1) is 0 Å². The number of amides is 1. The van der Waals surface area contributed by atoms with Crippen molar-refractivity contribution in [2.75, 3.05) is 11.9 Å². The second kappa shape index (κ2) is 9.19. The molecular weight excluding hydrogens is 358 g/mol. The van der Waals surface area contributed by atoms with Gasteiger partial charge in [-0.25, -0.2) is 4.98 Å². The van der Waals surface area contributed by atoms with Crippen LogP contribution in [0.15, 0.2) is 72.9 Å². The molecule has 0 spiro atoms.